The third kappa shape index (κ3) is 6.06. The minimum atomic E-state index is -1.60. The number of aryl methyl sites for hydroxylation is 1. The van der Waals surface area contributed by atoms with E-state index in [1.54, 1.807) is 23.6 Å². The summed E-state index contributed by atoms with van der Waals surface area (Å²) in [6, 6.07) is 8.81. The van der Waals surface area contributed by atoms with Crippen molar-refractivity contribution < 1.29 is 19.4 Å². The first-order chi connectivity index (χ1) is 19.9. The standard InChI is InChI=1S/C31H37ClN6O4/c1-19(2)42-30(40)38-13-11-37(12-14-38)28-22-9-8-21(32)16-23(22)24(15-20-7-6-10-34-26(20)28)27(25-17-33-18-36(25)5)35-29(39)31(3,4)41/h6-10,15-19,27-28,41H,11-14H2,1-5H3,(H,35,39). The van der Waals surface area contributed by atoms with E-state index in [9.17, 15) is 14.7 Å². The van der Waals surface area contributed by atoms with Crippen LogP contribution in [0.25, 0.3) is 11.6 Å². The summed E-state index contributed by atoms with van der Waals surface area (Å²) in [7, 11) is 1.86. The first kappa shape index (κ1) is 29.8. The fourth-order valence-corrected chi connectivity index (χ4v) is 5.67. The van der Waals surface area contributed by atoms with Crippen LogP contribution in [0.2, 0.25) is 5.02 Å². The molecule has 5 rings (SSSR count). The minimum absolute atomic E-state index is 0.182. The quantitative estimate of drug-likeness (QED) is 0.441. The molecule has 2 N–H and O–H groups in total. The molecular formula is C31H37ClN6O4. The summed E-state index contributed by atoms with van der Waals surface area (Å²) in [6.07, 6.45) is 6.72. The van der Waals surface area contributed by atoms with E-state index in [-0.39, 0.29) is 18.2 Å². The number of hydrogen-bond donors (Lipinski definition) is 2. The van der Waals surface area contributed by atoms with E-state index in [4.69, 9.17) is 21.3 Å². The van der Waals surface area contributed by atoms with Gasteiger partial charge < -0.3 is 24.6 Å². The molecule has 42 heavy (non-hydrogen) atoms. The summed E-state index contributed by atoms with van der Waals surface area (Å²) in [4.78, 5) is 39.0. The first-order valence-corrected chi connectivity index (χ1v) is 14.5. The number of amides is 2. The van der Waals surface area contributed by atoms with Gasteiger partial charge in [0.15, 0.2) is 0 Å². The number of nitrogens with one attached hydrogen (secondary N) is 1. The van der Waals surface area contributed by atoms with Gasteiger partial charge in [0.1, 0.15) is 5.60 Å². The van der Waals surface area contributed by atoms with Crippen molar-refractivity contribution in [3.05, 3.63) is 82.2 Å². The molecule has 10 nitrogen and oxygen atoms in total. The van der Waals surface area contributed by atoms with Crippen molar-refractivity contribution in [2.24, 2.45) is 7.05 Å². The smallest absolute Gasteiger partial charge is 0.410 e. The van der Waals surface area contributed by atoms with Gasteiger partial charge >= 0.3 is 6.09 Å². The average molecular weight is 593 g/mol. The largest absolute Gasteiger partial charge is 0.447 e. The highest BCUT2D eigenvalue weighted by Crippen LogP contribution is 2.44. The molecule has 2 aliphatic rings. The van der Waals surface area contributed by atoms with Crippen LogP contribution in [0.15, 0.2) is 49.1 Å². The number of benzene rings is 1. The Kier molecular flexibility index (Phi) is 8.41. The lowest BCUT2D eigenvalue weighted by Crippen LogP contribution is -2.50. The van der Waals surface area contributed by atoms with Gasteiger partial charge in [-0.05, 0) is 74.2 Å². The highest BCUT2D eigenvalue weighted by molar-refractivity contribution is 6.30. The van der Waals surface area contributed by atoms with Gasteiger partial charge in [0.05, 0.1) is 42.1 Å². The topological polar surface area (TPSA) is 113 Å². The highest BCUT2D eigenvalue weighted by Gasteiger charge is 2.37. The van der Waals surface area contributed by atoms with Crippen LogP contribution >= 0.6 is 11.6 Å². The van der Waals surface area contributed by atoms with Crippen molar-refractivity contribution in [1.82, 2.24) is 29.7 Å². The Morgan fingerprint density at radius 1 is 1.17 bits per heavy atom. The molecule has 1 aliphatic heterocycles. The average Bonchev–Trinajstić information content (AvgIpc) is 3.30. The molecule has 0 saturated carbocycles. The predicted molar refractivity (Wildman–Crippen MR) is 161 cm³/mol. The lowest BCUT2D eigenvalue weighted by Gasteiger charge is -2.39. The van der Waals surface area contributed by atoms with E-state index in [0.29, 0.717) is 31.2 Å². The van der Waals surface area contributed by atoms with E-state index in [1.807, 2.05) is 61.9 Å². The van der Waals surface area contributed by atoms with E-state index < -0.39 is 17.6 Å². The Hall–Kier alpha value is -3.73. The van der Waals surface area contributed by atoms with Crippen LogP contribution < -0.4 is 5.32 Å². The fourth-order valence-electron chi connectivity index (χ4n) is 5.50. The number of piperazine rings is 1. The summed E-state index contributed by atoms with van der Waals surface area (Å²) in [6.45, 7) is 8.88. The van der Waals surface area contributed by atoms with Crippen LogP contribution in [-0.2, 0) is 16.6 Å². The number of rotatable bonds is 6. The number of nitrogens with zero attached hydrogens (tertiary/aromatic N) is 5. The minimum Gasteiger partial charge on any atom is -0.447 e. The SMILES string of the molecule is CC(C)OC(=O)N1CCN(C2c3ccc(Cl)cc3C(C(NC(=O)C(C)(C)O)c3cncn3C)=Cc3cccnc32)CC1. The molecule has 1 aliphatic carbocycles. The summed E-state index contributed by atoms with van der Waals surface area (Å²) in [5, 5.41) is 14.2. The monoisotopic (exact) mass is 592 g/mol. The lowest BCUT2D eigenvalue weighted by molar-refractivity contribution is -0.136. The molecule has 0 bridgehead atoms. The fraction of sp³-hybridized carbons (Fsp3) is 0.419. The maximum atomic E-state index is 13.2. The van der Waals surface area contributed by atoms with Crippen molar-refractivity contribution in [2.45, 2.75) is 51.5 Å². The van der Waals surface area contributed by atoms with Gasteiger partial charge in [0.2, 0.25) is 0 Å². The van der Waals surface area contributed by atoms with Crippen molar-refractivity contribution >= 4 is 35.3 Å². The Morgan fingerprint density at radius 2 is 1.90 bits per heavy atom. The number of hydrogen-bond acceptors (Lipinski definition) is 7. The number of fused-ring (bicyclic) bond motifs is 2. The summed E-state index contributed by atoms with van der Waals surface area (Å²) in [5.41, 5.74) is 3.54. The number of carbonyl (C=O) groups is 2. The van der Waals surface area contributed by atoms with Crippen molar-refractivity contribution in [3.63, 3.8) is 0 Å². The maximum absolute atomic E-state index is 13.2. The summed E-state index contributed by atoms with van der Waals surface area (Å²) < 4.78 is 7.28. The molecule has 11 heteroatoms. The van der Waals surface area contributed by atoms with E-state index >= 15 is 0 Å². The zero-order valence-corrected chi connectivity index (χ0v) is 25.3. The predicted octanol–water partition coefficient (Wildman–Crippen LogP) is 4.20. The van der Waals surface area contributed by atoms with E-state index in [0.717, 1.165) is 33.7 Å². The zero-order chi connectivity index (χ0) is 30.2. The van der Waals surface area contributed by atoms with Crippen LogP contribution in [0.4, 0.5) is 4.79 Å². The molecule has 0 radical (unpaired) electrons. The zero-order valence-electron chi connectivity index (χ0n) is 24.5. The number of pyridine rings is 1. The van der Waals surface area contributed by atoms with Gasteiger partial charge in [-0.2, -0.15) is 0 Å². The van der Waals surface area contributed by atoms with E-state index in [1.165, 1.54) is 13.8 Å². The van der Waals surface area contributed by atoms with Crippen molar-refractivity contribution in [2.75, 3.05) is 26.2 Å². The number of imidazole rings is 1. The van der Waals surface area contributed by atoms with Gasteiger partial charge in [-0.3, -0.25) is 14.7 Å². The molecule has 2 unspecified atom stereocenters. The number of carbonyl (C=O) groups excluding carboxylic acids is 2. The molecule has 2 amide bonds. The second-order valence-corrected chi connectivity index (χ2v) is 12.0. The number of aromatic nitrogens is 3. The lowest BCUT2D eigenvalue weighted by atomic mass is 9.89. The van der Waals surface area contributed by atoms with Crippen molar-refractivity contribution in [1.29, 1.82) is 0 Å². The maximum Gasteiger partial charge on any atom is 0.410 e. The van der Waals surface area contributed by atoms with Crippen LogP contribution in [0.5, 0.6) is 0 Å². The van der Waals surface area contributed by atoms with Crippen LogP contribution in [0, 0.1) is 0 Å². The summed E-state index contributed by atoms with van der Waals surface area (Å²) >= 11 is 6.62. The molecule has 1 aromatic carbocycles. The van der Waals surface area contributed by atoms with Crippen LogP contribution in [0.3, 0.4) is 0 Å². The van der Waals surface area contributed by atoms with Gasteiger partial charge in [-0.15, -0.1) is 0 Å². The molecular weight excluding hydrogens is 556 g/mol. The van der Waals surface area contributed by atoms with Gasteiger partial charge in [0.25, 0.3) is 5.91 Å². The number of halogens is 1. The van der Waals surface area contributed by atoms with Crippen LogP contribution in [-0.4, -0.2) is 79.3 Å². The van der Waals surface area contributed by atoms with Gasteiger partial charge in [-0.25, -0.2) is 9.78 Å². The van der Waals surface area contributed by atoms with Gasteiger partial charge in [0, 0.05) is 44.4 Å². The second-order valence-electron chi connectivity index (χ2n) is 11.6. The highest BCUT2D eigenvalue weighted by atomic mass is 35.5. The molecule has 2 atom stereocenters. The first-order valence-electron chi connectivity index (χ1n) is 14.1. The molecule has 0 spiro atoms. The molecule has 2 aromatic heterocycles. The molecule has 3 aromatic rings. The normalized spacial score (nSPS) is 18.0. The number of ether oxygens (including phenoxy) is 1. The molecule has 1 saturated heterocycles. The number of aliphatic hydroxyl groups is 1. The Bertz CT molecular complexity index is 1500. The summed E-state index contributed by atoms with van der Waals surface area (Å²) in [5.74, 6) is -0.519. The molecule has 222 valence electrons. The van der Waals surface area contributed by atoms with Crippen molar-refractivity contribution in [3.8, 4) is 0 Å². The third-order valence-electron chi connectivity index (χ3n) is 7.63. The van der Waals surface area contributed by atoms with Gasteiger partial charge in [-0.1, -0.05) is 23.7 Å². The molecule has 1 fully saturated rings. The second kappa shape index (κ2) is 11.9. The Balaban J connectivity index is 1.61. The Morgan fingerprint density at radius 3 is 2.55 bits per heavy atom. The van der Waals surface area contributed by atoms with E-state index in [2.05, 4.69) is 15.2 Å². The molecule has 3 heterocycles. The van der Waals surface area contributed by atoms with Crippen LogP contribution in [0.1, 0.15) is 67.9 Å². The Labute approximate surface area is 251 Å². The third-order valence-corrected chi connectivity index (χ3v) is 7.86.